The molecule has 0 radical (unpaired) electrons. The van der Waals surface area contributed by atoms with E-state index in [1.54, 1.807) is 7.11 Å². The zero-order valence-corrected chi connectivity index (χ0v) is 16.6. The van der Waals surface area contributed by atoms with Gasteiger partial charge < -0.3 is 19.5 Å². The summed E-state index contributed by atoms with van der Waals surface area (Å²) >= 11 is 0. The second-order valence-electron chi connectivity index (χ2n) is 7.17. The minimum atomic E-state index is -0.527. The van der Waals surface area contributed by atoms with Crippen LogP contribution in [0, 0.1) is 0 Å². The van der Waals surface area contributed by atoms with Crippen molar-refractivity contribution in [1.82, 2.24) is 5.32 Å². The Kier molecular flexibility index (Phi) is 6.93. The van der Waals surface area contributed by atoms with Gasteiger partial charge in [-0.1, -0.05) is 37.3 Å². The summed E-state index contributed by atoms with van der Waals surface area (Å²) in [7, 11) is 1.62. The van der Waals surface area contributed by atoms with Crippen LogP contribution in [0.25, 0.3) is 0 Å². The highest BCUT2D eigenvalue weighted by Crippen LogP contribution is 2.34. The molecule has 2 aromatic rings. The van der Waals surface area contributed by atoms with Crippen molar-refractivity contribution in [3.8, 4) is 11.5 Å². The lowest BCUT2D eigenvalue weighted by Gasteiger charge is -2.38. The maximum atomic E-state index is 12.8. The predicted molar refractivity (Wildman–Crippen MR) is 109 cm³/mol. The van der Waals surface area contributed by atoms with E-state index in [9.17, 15) is 4.79 Å². The number of hydrogen-bond acceptors (Lipinski definition) is 4. The van der Waals surface area contributed by atoms with Crippen LogP contribution >= 0.6 is 0 Å². The van der Waals surface area contributed by atoms with Crippen LogP contribution in [0.4, 0.5) is 0 Å². The molecule has 1 aliphatic heterocycles. The van der Waals surface area contributed by atoms with Crippen molar-refractivity contribution in [2.75, 3.05) is 26.9 Å². The molecule has 28 heavy (non-hydrogen) atoms. The first kappa shape index (κ1) is 20.2. The molecule has 1 heterocycles. The third-order valence-corrected chi connectivity index (χ3v) is 5.44. The summed E-state index contributed by atoms with van der Waals surface area (Å²) in [5.41, 5.74) is 1.16. The molecule has 0 aliphatic carbocycles. The molecule has 1 saturated heterocycles. The smallest absolute Gasteiger partial charge is 0.261 e. The summed E-state index contributed by atoms with van der Waals surface area (Å²) < 4.78 is 16.6. The average Bonchev–Trinajstić information content (AvgIpc) is 2.77. The first-order valence-corrected chi connectivity index (χ1v) is 9.88. The lowest BCUT2D eigenvalue weighted by molar-refractivity contribution is -0.128. The van der Waals surface area contributed by atoms with E-state index in [-0.39, 0.29) is 11.3 Å². The number of methoxy groups -OCH3 is 1. The summed E-state index contributed by atoms with van der Waals surface area (Å²) in [4.78, 5) is 12.8. The Morgan fingerprint density at radius 1 is 1.07 bits per heavy atom. The molecule has 0 spiro atoms. The number of benzene rings is 2. The fraction of sp³-hybridized carbons (Fsp3) is 0.435. The number of nitrogens with one attached hydrogen (secondary N) is 1. The Balaban J connectivity index is 1.65. The van der Waals surface area contributed by atoms with Crippen LogP contribution in [-0.4, -0.2) is 38.9 Å². The van der Waals surface area contributed by atoms with Crippen molar-refractivity contribution in [2.24, 2.45) is 0 Å². The van der Waals surface area contributed by atoms with Gasteiger partial charge in [-0.15, -0.1) is 0 Å². The fourth-order valence-corrected chi connectivity index (χ4v) is 3.63. The molecule has 1 amide bonds. The Labute approximate surface area is 167 Å². The van der Waals surface area contributed by atoms with Crippen molar-refractivity contribution in [3.63, 3.8) is 0 Å². The molecule has 0 saturated carbocycles. The maximum Gasteiger partial charge on any atom is 0.261 e. The topological polar surface area (TPSA) is 56.8 Å². The highest BCUT2D eigenvalue weighted by molar-refractivity contribution is 5.81. The van der Waals surface area contributed by atoms with Gasteiger partial charge in [-0.2, -0.15) is 0 Å². The Morgan fingerprint density at radius 3 is 2.32 bits per heavy atom. The number of hydrogen-bond donors (Lipinski definition) is 1. The van der Waals surface area contributed by atoms with Crippen molar-refractivity contribution in [2.45, 2.75) is 37.7 Å². The summed E-state index contributed by atoms with van der Waals surface area (Å²) in [5.74, 6) is 1.33. The monoisotopic (exact) mass is 383 g/mol. The van der Waals surface area contributed by atoms with Crippen LogP contribution in [0.3, 0.4) is 0 Å². The lowest BCUT2D eigenvalue weighted by Crippen LogP contribution is -2.48. The van der Waals surface area contributed by atoms with Crippen LogP contribution in [0.2, 0.25) is 0 Å². The van der Waals surface area contributed by atoms with E-state index in [2.05, 4.69) is 29.6 Å². The first-order chi connectivity index (χ1) is 13.7. The number of amides is 1. The van der Waals surface area contributed by atoms with Crippen LogP contribution in [0.15, 0.2) is 54.6 Å². The summed E-state index contributed by atoms with van der Waals surface area (Å²) in [6.07, 6.45) is 1.86. The van der Waals surface area contributed by atoms with E-state index >= 15 is 0 Å². The molecule has 3 rings (SSSR count). The number of carbonyl (C=O) groups excluding carboxylic acids is 1. The summed E-state index contributed by atoms with van der Waals surface area (Å²) in [5, 5.41) is 3.14. The quantitative estimate of drug-likeness (QED) is 0.755. The lowest BCUT2D eigenvalue weighted by atomic mass is 9.74. The molecule has 0 bridgehead atoms. The van der Waals surface area contributed by atoms with Gasteiger partial charge in [0.25, 0.3) is 5.91 Å². The molecule has 1 fully saturated rings. The minimum Gasteiger partial charge on any atom is -0.497 e. The fourth-order valence-electron chi connectivity index (χ4n) is 3.63. The predicted octanol–water partition coefficient (Wildman–Crippen LogP) is 3.72. The Morgan fingerprint density at radius 2 is 1.71 bits per heavy atom. The number of carbonyl (C=O) groups is 1. The van der Waals surface area contributed by atoms with Gasteiger partial charge in [0.05, 0.1) is 7.11 Å². The zero-order chi connectivity index (χ0) is 19.8. The third-order valence-electron chi connectivity index (χ3n) is 5.44. The van der Waals surface area contributed by atoms with Crippen LogP contribution in [-0.2, 0) is 14.9 Å². The zero-order valence-electron chi connectivity index (χ0n) is 16.6. The van der Waals surface area contributed by atoms with E-state index < -0.39 is 6.10 Å². The van der Waals surface area contributed by atoms with Crippen molar-refractivity contribution < 1.29 is 19.0 Å². The number of ether oxygens (including phenoxy) is 3. The van der Waals surface area contributed by atoms with Crippen molar-refractivity contribution >= 4 is 5.91 Å². The molecule has 1 unspecified atom stereocenters. The SMILES string of the molecule is CCC(Oc1ccc(OC)cc1)C(=O)NCC1(c2ccccc2)CCOCC1. The summed E-state index contributed by atoms with van der Waals surface area (Å²) in [6, 6.07) is 17.7. The molecule has 0 aromatic heterocycles. The molecule has 2 aromatic carbocycles. The van der Waals surface area contributed by atoms with E-state index in [0.29, 0.717) is 31.9 Å². The van der Waals surface area contributed by atoms with Crippen molar-refractivity contribution in [3.05, 3.63) is 60.2 Å². The highest BCUT2D eigenvalue weighted by atomic mass is 16.5. The van der Waals surface area contributed by atoms with E-state index in [1.807, 2.05) is 37.3 Å². The van der Waals surface area contributed by atoms with Crippen molar-refractivity contribution in [1.29, 1.82) is 0 Å². The maximum absolute atomic E-state index is 12.8. The van der Waals surface area contributed by atoms with Gasteiger partial charge in [-0.05, 0) is 49.1 Å². The number of rotatable bonds is 8. The van der Waals surface area contributed by atoms with E-state index in [4.69, 9.17) is 14.2 Å². The molecule has 1 N–H and O–H groups in total. The van der Waals surface area contributed by atoms with Gasteiger partial charge in [0.15, 0.2) is 6.10 Å². The molecule has 1 aliphatic rings. The normalized spacial score (nSPS) is 16.8. The molecule has 5 nitrogen and oxygen atoms in total. The van der Waals surface area contributed by atoms with Gasteiger partial charge >= 0.3 is 0 Å². The minimum absolute atomic E-state index is 0.0832. The van der Waals surface area contributed by atoms with Gasteiger partial charge in [-0.3, -0.25) is 4.79 Å². The van der Waals surface area contributed by atoms with Gasteiger partial charge in [0.2, 0.25) is 0 Å². The van der Waals surface area contributed by atoms with Gasteiger partial charge in [0.1, 0.15) is 11.5 Å². The molecule has 150 valence electrons. The molecule has 5 heteroatoms. The second kappa shape index (κ2) is 9.60. The average molecular weight is 383 g/mol. The molecular weight excluding hydrogens is 354 g/mol. The summed E-state index contributed by atoms with van der Waals surface area (Å²) in [6.45, 7) is 3.96. The van der Waals surface area contributed by atoms with E-state index in [1.165, 1.54) is 5.56 Å². The van der Waals surface area contributed by atoms with Crippen LogP contribution in [0.5, 0.6) is 11.5 Å². The third kappa shape index (κ3) is 4.84. The molecule has 1 atom stereocenters. The largest absolute Gasteiger partial charge is 0.497 e. The highest BCUT2D eigenvalue weighted by Gasteiger charge is 2.35. The van der Waals surface area contributed by atoms with E-state index in [0.717, 1.165) is 18.6 Å². The van der Waals surface area contributed by atoms with Crippen LogP contribution in [0.1, 0.15) is 31.7 Å². The molecular formula is C23H29NO4. The van der Waals surface area contributed by atoms with Crippen LogP contribution < -0.4 is 14.8 Å². The second-order valence-corrected chi connectivity index (χ2v) is 7.17. The van der Waals surface area contributed by atoms with Gasteiger partial charge in [0, 0.05) is 25.2 Å². The standard InChI is InChI=1S/C23H29NO4/c1-3-21(28-20-11-9-19(26-2)10-12-20)22(25)24-17-23(13-15-27-16-14-23)18-7-5-4-6-8-18/h4-12,21H,3,13-17H2,1-2H3,(H,24,25). The Hall–Kier alpha value is -2.53. The van der Waals surface area contributed by atoms with Gasteiger partial charge in [-0.25, -0.2) is 0 Å². The first-order valence-electron chi connectivity index (χ1n) is 9.88. The Bertz CT molecular complexity index is 739.